The molecule has 2 aromatic rings. The third-order valence-corrected chi connectivity index (χ3v) is 5.41. The first-order valence-corrected chi connectivity index (χ1v) is 9.76. The van der Waals surface area contributed by atoms with Crippen LogP contribution in [0, 0.1) is 5.41 Å². The number of rotatable bonds is 7. The van der Waals surface area contributed by atoms with Gasteiger partial charge >= 0.3 is 0 Å². The van der Waals surface area contributed by atoms with Crippen LogP contribution < -0.4 is 10.6 Å². The summed E-state index contributed by atoms with van der Waals surface area (Å²) in [6.45, 7) is 5.60. The SMILES string of the molecule is CCc1cccc(CC)c1NC(=O)C1(C(=O)Nc2ccc(C(C)=O)cc2)CC1. The van der Waals surface area contributed by atoms with Crippen molar-refractivity contribution in [2.24, 2.45) is 5.41 Å². The Hall–Kier alpha value is -2.95. The van der Waals surface area contributed by atoms with E-state index in [9.17, 15) is 14.4 Å². The molecular weight excluding hydrogens is 352 g/mol. The van der Waals surface area contributed by atoms with Gasteiger partial charge in [0, 0.05) is 16.9 Å². The predicted molar refractivity (Wildman–Crippen MR) is 111 cm³/mol. The lowest BCUT2D eigenvalue weighted by Crippen LogP contribution is -2.36. The van der Waals surface area contributed by atoms with Gasteiger partial charge in [-0.05, 0) is 68.0 Å². The fourth-order valence-electron chi connectivity index (χ4n) is 3.36. The summed E-state index contributed by atoms with van der Waals surface area (Å²) in [5, 5.41) is 5.85. The second-order valence-corrected chi connectivity index (χ2v) is 7.28. The molecule has 1 saturated carbocycles. The molecule has 5 heteroatoms. The molecule has 0 saturated heterocycles. The van der Waals surface area contributed by atoms with Crippen LogP contribution in [0.4, 0.5) is 11.4 Å². The maximum absolute atomic E-state index is 13.0. The Balaban J connectivity index is 1.75. The van der Waals surface area contributed by atoms with Crippen molar-refractivity contribution in [3.8, 4) is 0 Å². The second-order valence-electron chi connectivity index (χ2n) is 7.28. The number of nitrogens with one attached hydrogen (secondary N) is 2. The van der Waals surface area contributed by atoms with Gasteiger partial charge in [-0.1, -0.05) is 32.0 Å². The van der Waals surface area contributed by atoms with Crippen LogP contribution in [-0.2, 0) is 22.4 Å². The maximum Gasteiger partial charge on any atom is 0.240 e. The average molecular weight is 378 g/mol. The lowest BCUT2D eigenvalue weighted by Gasteiger charge is -2.19. The highest BCUT2D eigenvalue weighted by Gasteiger charge is 2.56. The lowest BCUT2D eigenvalue weighted by atomic mass is 10.00. The Morgan fingerprint density at radius 3 is 1.86 bits per heavy atom. The molecule has 0 spiro atoms. The summed E-state index contributed by atoms with van der Waals surface area (Å²) >= 11 is 0. The van der Waals surface area contributed by atoms with Crippen LogP contribution in [0.25, 0.3) is 0 Å². The Kier molecular flexibility index (Phi) is 5.63. The van der Waals surface area contributed by atoms with E-state index in [4.69, 9.17) is 0 Å². The van der Waals surface area contributed by atoms with E-state index in [1.165, 1.54) is 6.92 Å². The number of hydrogen-bond donors (Lipinski definition) is 2. The third kappa shape index (κ3) is 3.84. The number of benzene rings is 2. The topological polar surface area (TPSA) is 75.3 Å². The molecule has 0 heterocycles. The number of amides is 2. The van der Waals surface area contributed by atoms with Crippen molar-refractivity contribution in [2.75, 3.05) is 10.6 Å². The van der Waals surface area contributed by atoms with Crippen molar-refractivity contribution in [1.82, 2.24) is 0 Å². The monoisotopic (exact) mass is 378 g/mol. The zero-order chi connectivity index (χ0) is 20.3. The van der Waals surface area contributed by atoms with Gasteiger partial charge in [-0.25, -0.2) is 0 Å². The average Bonchev–Trinajstić information content (AvgIpc) is 3.50. The Labute approximate surface area is 165 Å². The molecule has 0 aromatic heterocycles. The van der Waals surface area contributed by atoms with Gasteiger partial charge in [0.2, 0.25) is 11.8 Å². The van der Waals surface area contributed by atoms with Gasteiger partial charge < -0.3 is 10.6 Å². The maximum atomic E-state index is 13.0. The van der Waals surface area contributed by atoms with Crippen molar-refractivity contribution in [3.63, 3.8) is 0 Å². The lowest BCUT2D eigenvalue weighted by molar-refractivity contribution is -0.131. The van der Waals surface area contributed by atoms with Crippen LogP contribution in [0.1, 0.15) is 55.1 Å². The van der Waals surface area contributed by atoms with Gasteiger partial charge in [-0.3, -0.25) is 14.4 Å². The van der Waals surface area contributed by atoms with Gasteiger partial charge in [0.15, 0.2) is 5.78 Å². The van der Waals surface area contributed by atoms with Crippen LogP contribution in [0.15, 0.2) is 42.5 Å². The van der Waals surface area contributed by atoms with Crippen LogP contribution >= 0.6 is 0 Å². The Bertz CT molecular complexity index is 890. The van der Waals surface area contributed by atoms with Gasteiger partial charge in [0.1, 0.15) is 5.41 Å². The highest BCUT2D eigenvalue weighted by atomic mass is 16.2. The number of para-hydroxylation sites is 1. The van der Waals surface area contributed by atoms with Crippen LogP contribution in [0.5, 0.6) is 0 Å². The van der Waals surface area contributed by atoms with Gasteiger partial charge in [-0.15, -0.1) is 0 Å². The van der Waals surface area contributed by atoms with Crippen LogP contribution in [0.3, 0.4) is 0 Å². The molecule has 3 rings (SSSR count). The Morgan fingerprint density at radius 1 is 0.857 bits per heavy atom. The van der Waals surface area contributed by atoms with E-state index in [0.717, 1.165) is 29.7 Å². The molecule has 0 atom stereocenters. The number of carbonyl (C=O) groups excluding carboxylic acids is 3. The molecule has 5 nitrogen and oxygen atoms in total. The third-order valence-electron chi connectivity index (χ3n) is 5.41. The summed E-state index contributed by atoms with van der Waals surface area (Å²) in [5.74, 6) is -0.578. The second kappa shape index (κ2) is 7.97. The molecule has 28 heavy (non-hydrogen) atoms. The van der Waals surface area contributed by atoms with E-state index >= 15 is 0 Å². The number of aryl methyl sites for hydroxylation is 2. The molecular formula is C23H26N2O3. The zero-order valence-electron chi connectivity index (χ0n) is 16.6. The molecule has 0 radical (unpaired) electrons. The van der Waals surface area contributed by atoms with E-state index in [-0.39, 0.29) is 17.6 Å². The number of ketones is 1. The summed E-state index contributed by atoms with van der Waals surface area (Å²) in [5.41, 5.74) is 3.12. The first kappa shape index (κ1) is 19.8. The van der Waals surface area contributed by atoms with Gasteiger partial charge in [0.25, 0.3) is 0 Å². The first-order chi connectivity index (χ1) is 13.4. The fraction of sp³-hybridized carbons (Fsp3) is 0.348. The van der Waals surface area contributed by atoms with Crippen molar-refractivity contribution in [1.29, 1.82) is 0 Å². The molecule has 146 valence electrons. The normalized spacial score (nSPS) is 14.2. The number of anilines is 2. The largest absolute Gasteiger partial charge is 0.325 e. The standard InChI is InChI=1S/C23H26N2O3/c1-4-16-7-6-8-17(5-2)20(16)25-22(28)23(13-14-23)21(27)24-19-11-9-18(10-12-19)15(3)26/h6-12H,4-5,13-14H2,1-3H3,(H,24,27)(H,25,28). The minimum Gasteiger partial charge on any atom is -0.325 e. The molecule has 0 unspecified atom stereocenters. The molecule has 0 aliphatic heterocycles. The van der Waals surface area contributed by atoms with E-state index < -0.39 is 5.41 Å². The summed E-state index contributed by atoms with van der Waals surface area (Å²) in [6.07, 6.45) is 2.69. The molecule has 2 aromatic carbocycles. The highest BCUT2D eigenvalue weighted by molar-refractivity contribution is 6.17. The van der Waals surface area contributed by atoms with E-state index in [2.05, 4.69) is 24.5 Å². The summed E-state index contributed by atoms with van der Waals surface area (Å²) < 4.78 is 0. The van der Waals surface area contributed by atoms with Crippen LogP contribution in [-0.4, -0.2) is 17.6 Å². The summed E-state index contributed by atoms with van der Waals surface area (Å²) in [7, 11) is 0. The zero-order valence-corrected chi connectivity index (χ0v) is 16.6. The highest BCUT2D eigenvalue weighted by Crippen LogP contribution is 2.47. The molecule has 1 aliphatic carbocycles. The molecule has 2 amide bonds. The van der Waals surface area contributed by atoms with E-state index in [1.807, 2.05) is 18.2 Å². The van der Waals surface area contributed by atoms with Crippen molar-refractivity contribution in [2.45, 2.75) is 46.5 Å². The van der Waals surface area contributed by atoms with E-state index in [0.29, 0.717) is 24.1 Å². The minimum atomic E-state index is -1.02. The minimum absolute atomic E-state index is 0.0303. The van der Waals surface area contributed by atoms with Crippen LogP contribution in [0.2, 0.25) is 0 Å². The number of Topliss-reactive ketones (excluding diaryl/α,β-unsaturated/α-hetero) is 1. The quantitative estimate of drug-likeness (QED) is 0.555. The molecule has 2 N–H and O–H groups in total. The van der Waals surface area contributed by atoms with Gasteiger partial charge in [-0.2, -0.15) is 0 Å². The first-order valence-electron chi connectivity index (χ1n) is 9.76. The van der Waals surface area contributed by atoms with Gasteiger partial charge in [0.05, 0.1) is 0 Å². The summed E-state index contributed by atoms with van der Waals surface area (Å²) in [4.78, 5) is 37.2. The summed E-state index contributed by atoms with van der Waals surface area (Å²) in [6, 6.07) is 12.7. The van der Waals surface area contributed by atoms with Crippen molar-refractivity contribution >= 4 is 29.0 Å². The molecule has 0 bridgehead atoms. The van der Waals surface area contributed by atoms with Crippen molar-refractivity contribution in [3.05, 3.63) is 59.2 Å². The molecule has 1 aliphatic rings. The predicted octanol–water partition coefficient (Wildman–Crippen LogP) is 4.37. The van der Waals surface area contributed by atoms with Crippen molar-refractivity contribution < 1.29 is 14.4 Å². The number of hydrogen-bond acceptors (Lipinski definition) is 3. The smallest absolute Gasteiger partial charge is 0.240 e. The Morgan fingerprint density at radius 2 is 1.39 bits per heavy atom. The number of carbonyl (C=O) groups is 3. The fourth-order valence-corrected chi connectivity index (χ4v) is 3.36. The van der Waals surface area contributed by atoms with E-state index in [1.54, 1.807) is 24.3 Å². The molecule has 1 fully saturated rings.